The highest BCUT2D eigenvalue weighted by molar-refractivity contribution is 6.22. The van der Waals surface area contributed by atoms with Crippen molar-refractivity contribution in [3.05, 3.63) is 47.0 Å². The molecule has 0 aromatic heterocycles. The van der Waals surface area contributed by atoms with Crippen molar-refractivity contribution in [2.24, 2.45) is 11.3 Å². The monoisotopic (exact) mass is 324 g/mol. The van der Waals surface area contributed by atoms with Crippen molar-refractivity contribution in [1.82, 2.24) is 0 Å². The molecule has 1 aromatic rings. The van der Waals surface area contributed by atoms with Crippen molar-refractivity contribution in [2.45, 2.75) is 58.2 Å². The van der Waals surface area contributed by atoms with Gasteiger partial charge in [-0.05, 0) is 62.3 Å². The largest absolute Gasteiger partial charge is 0.366 e. The summed E-state index contributed by atoms with van der Waals surface area (Å²) < 4.78 is 6.05. The summed E-state index contributed by atoms with van der Waals surface area (Å²) >= 11 is 0. The molecule has 4 atom stereocenters. The molecule has 3 nitrogen and oxygen atoms in total. The van der Waals surface area contributed by atoms with E-state index in [1.165, 1.54) is 25.0 Å². The van der Waals surface area contributed by atoms with Crippen LogP contribution >= 0.6 is 0 Å². The minimum absolute atomic E-state index is 0.00734. The number of aryl methyl sites for hydroxylation is 1. The third kappa shape index (κ3) is 2.14. The average molecular weight is 324 g/mol. The molecule has 2 aliphatic carbocycles. The molecule has 1 heterocycles. The second kappa shape index (κ2) is 5.13. The minimum Gasteiger partial charge on any atom is -0.366 e. The Morgan fingerprint density at radius 1 is 1.08 bits per heavy atom. The molecule has 126 valence electrons. The van der Waals surface area contributed by atoms with E-state index in [-0.39, 0.29) is 22.6 Å². The van der Waals surface area contributed by atoms with E-state index in [0.29, 0.717) is 23.1 Å². The fourth-order valence-electron chi connectivity index (χ4n) is 4.70. The Labute approximate surface area is 143 Å². The van der Waals surface area contributed by atoms with Gasteiger partial charge in [-0.3, -0.25) is 9.59 Å². The molecule has 0 N–H and O–H groups in total. The first-order chi connectivity index (χ1) is 11.3. The first kappa shape index (κ1) is 15.8. The van der Waals surface area contributed by atoms with Crippen LogP contribution in [0, 0.1) is 11.3 Å². The minimum atomic E-state index is -0.0780. The standard InChI is InChI=1S/C21H24O3/c1-13-4-9-19-21(3,24-19)20(13,2)11-10-14-5-6-15-16(12-14)18(23)8-7-17(15)22/h5-8,12-13,19H,4,9-11H2,1-3H3/t13-,19-,20+,21-/m1/s1. The summed E-state index contributed by atoms with van der Waals surface area (Å²) in [7, 11) is 0. The van der Waals surface area contributed by atoms with E-state index >= 15 is 0 Å². The molecule has 1 saturated heterocycles. The van der Waals surface area contributed by atoms with Crippen LogP contribution in [0.15, 0.2) is 30.4 Å². The average Bonchev–Trinajstić information content (AvgIpc) is 3.26. The summed E-state index contributed by atoms with van der Waals surface area (Å²) in [6.45, 7) is 6.95. The van der Waals surface area contributed by atoms with Gasteiger partial charge in [0, 0.05) is 16.5 Å². The topological polar surface area (TPSA) is 46.7 Å². The van der Waals surface area contributed by atoms with Crippen LogP contribution in [0.4, 0.5) is 0 Å². The normalized spacial score (nSPS) is 37.1. The highest BCUT2D eigenvalue weighted by atomic mass is 16.6. The first-order valence-electron chi connectivity index (χ1n) is 8.93. The molecule has 24 heavy (non-hydrogen) atoms. The lowest BCUT2D eigenvalue weighted by Gasteiger charge is -2.43. The second-order valence-electron chi connectivity index (χ2n) is 8.05. The van der Waals surface area contributed by atoms with Crippen LogP contribution in [0.5, 0.6) is 0 Å². The molecule has 2 fully saturated rings. The molecule has 0 unspecified atom stereocenters. The Morgan fingerprint density at radius 2 is 1.79 bits per heavy atom. The fourth-order valence-corrected chi connectivity index (χ4v) is 4.70. The van der Waals surface area contributed by atoms with E-state index in [2.05, 4.69) is 20.8 Å². The van der Waals surface area contributed by atoms with E-state index in [9.17, 15) is 9.59 Å². The lowest BCUT2D eigenvalue weighted by molar-refractivity contribution is 0.0546. The van der Waals surface area contributed by atoms with Crippen LogP contribution in [0.2, 0.25) is 0 Å². The predicted molar refractivity (Wildman–Crippen MR) is 92.3 cm³/mol. The molecule has 0 spiro atoms. The molecule has 0 amide bonds. The molecule has 1 aromatic carbocycles. The molecule has 1 aliphatic heterocycles. The number of hydrogen-bond donors (Lipinski definition) is 0. The maximum atomic E-state index is 12.1. The van der Waals surface area contributed by atoms with E-state index in [1.54, 1.807) is 6.07 Å². The number of ketones is 2. The van der Waals surface area contributed by atoms with E-state index < -0.39 is 0 Å². The van der Waals surface area contributed by atoms with Gasteiger partial charge in [0.05, 0.1) is 11.7 Å². The smallest absolute Gasteiger partial charge is 0.186 e. The van der Waals surface area contributed by atoms with Gasteiger partial charge >= 0.3 is 0 Å². The van der Waals surface area contributed by atoms with Gasteiger partial charge < -0.3 is 4.74 Å². The Morgan fingerprint density at radius 3 is 2.54 bits per heavy atom. The van der Waals surface area contributed by atoms with E-state index in [0.717, 1.165) is 18.4 Å². The number of carbonyl (C=O) groups excluding carboxylic acids is 2. The zero-order valence-electron chi connectivity index (χ0n) is 14.6. The first-order valence-corrected chi connectivity index (χ1v) is 8.93. The van der Waals surface area contributed by atoms with Crippen molar-refractivity contribution in [3.63, 3.8) is 0 Å². The number of allylic oxidation sites excluding steroid dienone is 2. The zero-order chi connectivity index (χ0) is 17.1. The molecule has 0 radical (unpaired) electrons. The van der Waals surface area contributed by atoms with Crippen molar-refractivity contribution in [2.75, 3.05) is 0 Å². The Hall–Kier alpha value is -1.74. The van der Waals surface area contributed by atoms with Gasteiger partial charge in [0.2, 0.25) is 0 Å². The lowest BCUT2D eigenvalue weighted by Crippen LogP contribution is -2.44. The summed E-state index contributed by atoms with van der Waals surface area (Å²) in [5, 5.41) is 0. The van der Waals surface area contributed by atoms with Crippen molar-refractivity contribution in [3.8, 4) is 0 Å². The van der Waals surface area contributed by atoms with Crippen LogP contribution in [-0.2, 0) is 11.2 Å². The Balaban J connectivity index is 1.56. The number of ether oxygens (including phenoxy) is 1. The van der Waals surface area contributed by atoms with Crippen molar-refractivity contribution < 1.29 is 14.3 Å². The molecule has 3 aliphatic rings. The van der Waals surface area contributed by atoms with Gasteiger partial charge in [-0.15, -0.1) is 0 Å². The quantitative estimate of drug-likeness (QED) is 0.785. The third-order valence-electron chi connectivity index (χ3n) is 6.96. The number of carbonyl (C=O) groups is 2. The molecule has 1 saturated carbocycles. The Bertz CT molecular complexity index is 762. The number of hydrogen-bond acceptors (Lipinski definition) is 3. The van der Waals surface area contributed by atoms with Gasteiger partial charge in [0.1, 0.15) is 0 Å². The molecular formula is C21H24O3. The van der Waals surface area contributed by atoms with Gasteiger partial charge in [0.15, 0.2) is 11.6 Å². The summed E-state index contributed by atoms with van der Waals surface area (Å²) in [5.74, 6) is 0.483. The highest BCUT2D eigenvalue weighted by Gasteiger charge is 2.66. The fraction of sp³-hybridized carbons (Fsp3) is 0.524. The van der Waals surface area contributed by atoms with Gasteiger partial charge in [-0.1, -0.05) is 26.0 Å². The van der Waals surface area contributed by atoms with E-state index in [1.807, 2.05) is 12.1 Å². The third-order valence-corrected chi connectivity index (χ3v) is 6.96. The van der Waals surface area contributed by atoms with E-state index in [4.69, 9.17) is 4.74 Å². The van der Waals surface area contributed by atoms with Crippen molar-refractivity contribution in [1.29, 1.82) is 0 Å². The van der Waals surface area contributed by atoms with Crippen molar-refractivity contribution >= 4 is 11.6 Å². The SMILES string of the molecule is C[C@@H]1CC[C@H]2O[C@@]2(C)[C@@]1(C)CCc1ccc2c(c1)C(=O)C=CC2=O. The summed E-state index contributed by atoms with van der Waals surface area (Å²) in [5.41, 5.74) is 2.37. The molecule has 0 bridgehead atoms. The number of fused-ring (bicyclic) bond motifs is 2. The number of rotatable bonds is 3. The lowest BCUT2D eigenvalue weighted by atomic mass is 9.60. The summed E-state index contributed by atoms with van der Waals surface area (Å²) in [4.78, 5) is 23.9. The second-order valence-corrected chi connectivity index (χ2v) is 8.05. The Kier molecular flexibility index (Phi) is 3.37. The van der Waals surface area contributed by atoms with Crippen LogP contribution in [0.1, 0.15) is 66.3 Å². The van der Waals surface area contributed by atoms with Crippen LogP contribution in [-0.4, -0.2) is 23.3 Å². The number of epoxide rings is 1. The zero-order valence-corrected chi connectivity index (χ0v) is 14.6. The number of benzene rings is 1. The summed E-state index contributed by atoms with van der Waals surface area (Å²) in [6, 6.07) is 5.70. The maximum absolute atomic E-state index is 12.1. The van der Waals surface area contributed by atoms with Gasteiger partial charge in [-0.25, -0.2) is 0 Å². The van der Waals surface area contributed by atoms with Crippen LogP contribution in [0.25, 0.3) is 0 Å². The molecular weight excluding hydrogens is 300 g/mol. The van der Waals surface area contributed by atoms with Gasteiger partial charge in [-0.2, -0.15) is 0 Å². The van der Waals surface area contributed by atoms with Crippen LogP contribution in [0.3, 0.4) is 0 Å². The molecule has 4 rings (SSSR count). The summed E-state index contributed by atoms with van der Waals surface area (Å²) in [6.07, 6.45) is 7.51. The molecule has 3 heteroatoms. The van der Waals surface area contributed by atoms with Gasteiger partial charge in [0.25, 0.3) is 0 Å². The van der Waals surface area contributed by atoms with Crippen LogP contribution < -0.4 is 0 Å². The maximum Gasteiger partial charge on any atom is 0.186 e. The predicted octanol–water partition coefficient (Wildman–Crippen LogP) is 4.15. The highest BCUT2D eigenvalue weighted by Crippen LogP contribution is 2.62.